The van der Waals surface area contributed by atoms with E-state index in [2.05, 4.69) is 9.72 Å². The van der Waals surface area contributed by atoms with Crippen LogP contribution in [0.5, 0.6) is 0 Å². The summed E-state index contributed by atoms with van der Waals surface area (Å²) in [5.41, 5.74) is -4.36. The zero-order valence-electron chi connectivity index (χ0n) is 9.39. The molecule has 0 aliphatic heterocycles. The minimum Gasteiger partial charge on any atom is -0.469 e. The molecule has 0 aromatic carbocycles. The van der Waals surface area contributed by atoms with Gasteiger partial charge in [0.1, 0.15) is 0 Å². The maximum atomic E-state index is 12.9. The molecular weight excluding hydrogens is 280 g/mol. The summed E-state index contributed by atoms with van der Waals surface area (Å²) in [6, 6.07) is 0.355. The predicted molar refractivity (Wildman–Crippen MR) is 49.9 cm³/mol. The minimum atomic E-state index is -5.25. The van der Waals surface area contributed by atoms with Crippen molar-refractivity contribution in [1.82, 2.24) is 4.98 Å². The van der Waals surface area contributed by atoms with Gasteiger partial charge in [-0.15, -0.1) is 0 Å². The number of halogens is 6. The Hall–Kier alpha value is -1.80. The highest BCUT2D eigenvalue weighted by molar-refractivity contribution is 5.73. The van der Waals surface area contributed by atoms with E-state index in [1.807, 2.05) is 0 Å². The lowest BCUT2D eigenvalue weighted by atomic mass is 10.0. The van der Waals surface area contributed by atoms with Crippen LogP contribution in [0.25, 0.3) is 0 Å². The number of alkyl halides is 5. The second-order valence-corrected chi connectivity index (χ2v) is 3.42. The first-order chi connectivity index (χ1) is 8.66. The lowest BCUT2D eigenvalue weighted by Crippen LogP contribution is -2.17. The van der Waals surface area contributed by atoms with Crippen molar-refractivity contribution in [3.8, 4) is 0 Å². The Bertz CT molecular complexity index is 486. The van der Waals surface area contributed by atoms with Crippen LogP contribution < -0.4 is 0 Å². The van der Waals surface area contributed by atoms with Crippen LogP contribution >= 0.6 is 0 Å². The molecule has 0 bridgehead atoms. The number of nitrogens with zero attached hydrogens (tertiary/aromatic N) is 1. The monoisotopic (exact) mass is 287 g/mol. The van der Waals surface area contributed by atoms with Gasteiger partial charge in [0.15, 0.2) is 5.69 Å². The normalized spacial score (nSPS) is 11.8. The lowest BCUT2D eigenvalue weighted by molar-refractivity contribution is -0.144. The molecule has 0 fully saturated rings. The molecule has 0 unspecified atom stereocenters. The third kappa shape index (κ3) is 3.58. The van der Waals surface area contributed by atoms with Crippen LogP contribution in [0.15, 0.2) is 6.07 Å². The van der Waals surface area contributed by atoms with Crippen LogP contribution in [0.2, 0.25) is 0 Å². The summed E-state index contributed by atoms with van der Waals surface area (Å²) in [7, 11) is 0.923. The van der Waals surface area contributed by atoms with Crippen LogP contribution in [-0.2, 0) is 22.1 Å². The Balaban J connectivity index is 3.45. The summed E-state index contributed by atoms with van der Waals surface area (Å²) in [5.74, 6) is -2.67. The van der Waals surface area contributed by atoms with Gasteiger partial charge in [0.25, 0.3) is 6.43 Å². The van der Waals surface area contributed by atoms with E-state index in [1.165, 1.54) is 0 Å². The number of hydrogen-bond acceptors (Lipinski definition) is 3. The third-order valence-electron chi connectivity index (χ3n) is 2.16. The van der Waals surface area contributed by atoms with Gasteiger partial charge in [-0.05, 0) is 11.6 Å². The molecule has 0 radical (unpaired) electrons. The smallest absolute Gasteiger partial charge is 0.433 e. The van der Waals surface area contributed by atoms with Gasteiger partial charge < -0.3 is 4.74 Å². The maximum Gasteiger partial charge on any atom is 0.433 e. The molecule has 0 N–H and O–H groups in total. The standard InChI is InChI=1S/C10H7F6NO2/c1-19-6(18)3-4-2-5(11)17-8(10(14,15)16)7(4)9(12)13/h2,9H,3H2,1H3. The molecule has 0 aliphatic carbocycles. The average Bonchev–Trinajstić information content (AvgIpc) is 2.26. The van der Waals surface area contributed by atoms with Crippen LogP contribution in [0, 0.1) is 5.95 Å². The van der Waals surface area contributed by atoms with E-state index < -0.39 is 47.8 Å². The molecule has 0 amide bonds. The van der Waals surface area contributed by atoms with Gasteiger partial charge in [-0.2, -0.15) is 17.6 Å². The van der Waals surface area contributed by atoms with E-state index >= 15 is 0 Å². The van der Waals surface area contributed by atoms with Crippen LogP contribution in [0.4, 0.5) is 26.3 Å². The van der Waals surface area contributed by atoms with Crippen LogP contribution in [-0.4, -0.2) is 18.1 Å². The number of carbonyl (C=O) groups excluding carboxylic acids is 1. The van der Waals surface area contributed by atoms with Gasteiger partial charge in [0.2, 0.25) is 5.95 Å². The molecule has 0 spiro atoms. The number of aromatic nitrogens is 1. The van der Waals surface area contributed by atoms with E-state index in [0.717, 1.165) is 7.11 Å². The van der Waals surface area contributed by atoms with Gasteiger partial charge in [0.05, 0.1) is 19.1 Å². The molecule has 106 valence electrons. The second kappa shape index (κ2) is 5.45. The Morgan fingerprint density at radius 3 is 2.42 bits per heavy atom. The van der Waals surface area contributed by atoms with Crippen molar-refractivity contribution < 1.29 is 35.9 Å². The molecular formula is C10H7F6NO2. The summed E-state index contributed by atoms with van der Waals surface area (Å²) in [4.78, 5) is 13.4. The first-order valence-electron chi connectivity index (χ1n) is 4.78. The summed E-state index contributed by atoms with van der Waals surface area (Å²) < 4.78 is 80.0. The zero-order valence-corrected chi connectivity index (χ0v) is 9.39. The Labute approximate surface area is 103 Å². The molecule has 1 heterocycles. The van der Waals surface area contributed by atoms with Crippen molar-refractivity contribution in [2.24, 2.45) is 0 Å². The van der Waals surface area contributed by atoms with E-state index in [1.54, 1.807) is 0 Å². The molecule has 0 atom stereocenters. The first kappa shape index (κ1) is 15.3. The predicted octanol–water partition coefficient (Wildman–Crippen LogP) is 2.89. The van der Waals surface area contributed by atoms with Crippen LogP contribution in [0.3, 0.4) is 0 Å². The van der Waals surface area contributed by atoms with Gasteiger partial charge in [0, 0.05) is 0 Å². The van der Waals surface area contributed by atoms with E-state index in [9.17, 15) is 31.1 Å². The highest BCUT2D eigenvalue weighted by Crippen LogP contribution is 2.37. The number of rotatable bonds is 3. The van der Waals surface area contributed by atoms with Gasteiger partial charge >= 0.3 is 12.1 Å². The third-order valence-corrected chi connectivity index (χ3v) is 2.16. The molecule has 0 saturated carbocycles. The fourth-order valence-corrected chi connectivity index (χ4v) is 1.41. The molecule has 0 aliphatic rings. The van der Waals surface area contributed by atoms with Crippen molar-refractivity contribution in [2.45, 2.75) is 19.0 Å². The summed E-state index contributed by atoms with van der Waals surface area (Å²) >= 11 is 0. The van der Waals surface area contributed by atoms with Crippen molar-refractivity contribution in [3.05, 3.63) is 28.8 Å². The molecule has 0 saturated heterocycles. The minimum absolute atomic E-state index is 0.355. The quantitative estimate of drug-likeness (QED) is 0.487. The van der Waals surface area contributed by atoms with Crippen molar-refractivity contribution in [3.63, 3.8) is 0 Å². The molecule has 1 aromatic rings. The first-order valence-corrected chi connectivity index (χ1v) is 4.78. The Morgan fingerprint density at radius 1 is 1.42 bits per heavy atom. The fourth-order valence-electron chi connectivity index (χ4n) is 1.41. The van der Waals surface area contributed by atoms with Gasteiger partial charge in [-0.25, -0.2) is 13.8 Å². The Morgan fingerprint density at radius 2 is 2.00 bits per heavy atom. The maximum absolute atomic E-state index is 12.9. The molecule has 1 rings (SSSR count). The molecule has 19 heavy (non-hydrogen) atoms. The van der Waals surface area contributed by atoms with Crippen LogP contribution in [0.1, 0.15) is 23.2 Å². The second-order valence-electron chi connectivity index (χ2n) is 3.42. The summed E-state index contributed by atoms with van der Waals surface area (Å²) in [5, 5.41) is 0. The highest BCUT2D eigenvalue weighted by atomic mass is 19.4. The lowest BCUT2D eigenvalue weighted by Gasteiger charge is -2.15. The largest absolute Gasteiger partial charge is 0.469 e. The summed E-state index contributed by atoms with van der Waals surface area (Å²) in [6.45, 7) is 0. The highest BCUT2D eigenvalue weighted by Gasteiger charge is 2.40. The summed E-state index contributed by atoms with van der Waals surface area (Å²) in [6.07, 6.45) is -9.71. The number of methoxy groups -OCH3 is 1. The fraction of sp³-hybridized carbons (Fsp3) is 0.400. The Kier molecular flexibility index (Phi) is 4.38. The van der Waals surface area contributed by atoms with Crippen molar-refractivity contribution >= 4 is 5.97 Å². The SMILES string of the molecule is COC(=O)Cc1cc(F)nc(C(F)(F)F)c1C(F)F. The number of hydrogen-bond donors (Lipinski definition) is 0. The van der Waals surface area contributed by atoms with Gasteiger partial charge in [-0.1, -0.05) is 0 Å². The van der Waals surface area contributed by atoms with Gasteiger partial charge in [-0.3, -0.25) is 4.79 Å². The van der Waals surface area contributed by atoms with E-state index in [4.69, 9.17) is 0 Å². The van der Waals surface area contributed by atoms with Crippen molar-refractivity contribution in [1.29, 1.82) is 0 Å². The van der Waals surface area contributed by atoms with E-state index in [-0.39, 0.29) is 0 Å². The molecule has 1 aromatic heterocycles. The molecule has 9 heteroatoms. The van der Waals surface area contributed by atoms with Crippen molar-refractivity contribution in [2.75, 3.05) is 7.11 Å². The molecule has 3 nitrogen and oxygen atoms in total. The average molecular weight is 287 g/mol. The number of pyridine rings is 1. The topological polar surface area (TPSA) is 39.2 Å². The van der Waals surface area contributed by atoms with E-state index in [0.29, 0.717) is 6.07 Å². The zero-order chi connectivity index (χ0) is 14.8. The number of esters is 1. The number of ether oxygens (including phenoxy) is 1. The number of carbonyl (C=O) groups is 1.